The number of H-pyrrole nitrogens is 1. The van der Waals surface area contributed by atoms with Crippen molar-refractivity contribution < 1.29 is 14.3 Å². The lowest BCUT2D eigenvalue weighted by molar-refractivity contribution is -0.109. The van der Waals surface area contributed by atoms with E-state index >= 15 is 0 Å². The summed E-state index contributed by atoms with van der Waals surface area (Å²) in [5, 5.41) is 4.79. The van der Waals surface area contributed by atoms with E-state index in [1.54, 1.807) is 7.11 Å². The molecule has 168 valence electrons. The Balaban J connectivity index is 1.42. The number of benzene rings is 1. The summed E-state index contributed by atoms with van der Waals surface area (Å²) in [6.07, 6.45) is 5.77. The Morgan fingerprint density at radius 3 is 3.03 bits per heavy atom. The average Bonchev–Trinajstić information content (AvgIpc) is 3.52. The van der Waals surface area contributed by atoms with E-state index in [-0.39, 0.29) is 6.04 Å². The molecule has 2 aromatic heterocycles. The standard InChI is InChI=1S/C24H29N5O3/c1-31-24-19(12-16-4-2-3-5-20(16)28-24)21-14-25-23(27-21)22-13-17(6-8-29(22)9-10-30)26-18-7-11-32-15-18/h2-5,10,12,14,17-18,22,26H,6-9,11,13,15H2,1H3,(H,25,27)/t17-,18+,22-/m0/s1. The van der Waals surface area contributed by atoms with Crippen molar-refractivity contribution in [1.29, 1.82) is 0 Å². The highest BCUT2D eigenvalue weighted by Gasteiger charge is 2.33. The molecule has 0 bridgehead atoms. The lowest BCUT2D eigenvalue weighted by Gasteiger charge is -2.38. The van der Waals surface area contributed by atoms with Gasteiger partial charge in [-0.15, -0.1) is 0 Å². The van der Waals surface area contributed by atoms with Crippen LogP contribution in [0, 0.1) is 0 Å². The van der Waals surface area contributed by atoms with Gasteiger partial charge in [-0.3, -0.25) is 4.90 Å². The molecule has 1 aromatic carbocycles. The quantitative estimate of drug-likeness (QED) is 0.551. The Labute approximate surface area is 187 Å². The van der Waals surface area contributed by atoms with Crippen molar-refractivity contribution in [3.63, 3.8) is 0 Å². The summed E-state index contributed by atoms with van der Waals surface area (Å²) in [6, 6.07) is 10.9. The number of aromatic nitrogens is 3. The number of nitrogens with zero attached hydrogens (tertiary/aromatic N) is 3. The van der Waals surface area contributed by atoms with Gasteiger partial charge in [-0.25, -0.2) is 9.97 Å². The minimum Gasteiger partial charge on any atom is -0.480 e. The first kappa shape index (κ1) is 21.1. The minimum atomic E-state index is 0.0435. The third kappa shape index (κ3) is 4.26. The number of rotatable bonds is 7. The number of imidazole rings is 1. The smallest absolute Gasteiger partial charge is 0.223 e. The fourth-order valence-electron chi connectivity index (χ4n) is 4.85. The molecule has 32 heavy (non-hydrogen) atoms. The van der Waals surface area contributed by atoms with Gasteiger partial charge < -0.3 is 24.6 Å². The predicted molar refractivity (Wildman–Crippen MR) is 122 cm³/mol. The third-order valence-corrected chi connectivity index (χ3v) is 6.51. The van der Waals surface area contributed by atoms with Crippen LogP contribution < -0.4 is 10.1 Å². The monoisotopic (exact) mass is 435 g/mol. The number of methoxy groups -OCH3 is 1. The number of para-hydroxylation sites is 1. The van der Waals surface area contributed by atoms with Gasteiger partial charge in [0.05, 0.1) is 49.3 Å². The Kier molecular flexibility index (Phi) is 6.16. The van der Waals surface area contributed by atoms with E-state index < -0.39 is 0 Å². The first-order valence-corrected chi connectivity index (χ1v) is 11.3. The van der Waals surface area contributed by atoms with Crippen molar-refractivity contribution >= 4 is 17.2 Å². The van der Waals surface area contributed by atoms with Crippen LogP contribution in [-0.2, 0) is 9.53 Å². The fraction of sp³-hybridized carbons (Fsp3) is 0.458. The molecular weight excluding hydrogens is 406 g/mol. The third-order valence-electron chi connectivity index (χ3n) is 6.51. The van der Waals surface area contributed by atoms with E-state index in [4.69, 9.17) is 14.5 Å². The maximum atomic E-state index is 11.3. The molecule has 4 heterocycles. The van der Waals surface area contributed by atoms with E-state index in [9.17, 15) is 4.79 Å². The van der Waals surface area contributed by atoms with Gasteiger partial charge in [0.1, 0.15) is 12.1 Å². The van der Waals surface area contributed by atoms with Crippen LogP contribution in [0.25, 0.3) is 22.2 Å². The molecule has 2 saturated heterocycles. The molecule has 2 aliphatic heterocycles. The zero-order valence-corrected chi connectivity index (χ0v) is 18.3. The summed E-state index contributed by atoms with van der Waals surface area (Å²) >= 11 is 0. The van der Waals surface area contributed by atoms with Crippen molar-refractivity contribution in [3.05, 3.63) is 42.4 Å². The second-order valence-corrected chi connectivity index (χ2v) is 8.55. The largest absolute Gasteiger partial charge is 0.480 e. The molecule has 2 fully saturated rings. The van der Waals surface area contributed by atoms with Crippen LogP contribution in [0.2, 0.25) is 0 Å². The molecule has 0 spiro atoms. The highest BCUT2D eigenvalue weighted by atomic mass is 16.5. The molecule has 5 rings (SSSR count). The molecule has 3 atom stereocenters. The van der Waals surface area contributed by atoms with Gasteiger partial charge in [-0.2, -0.15) is 0 Å². The average molecular weight is 436 g/mol. The van der Waals surface area contributed by atoms with E-state index in [0.717, 1.165) is 73.3 Å². The minimum absolute atomic E-state index is 0.0435. The van der Waals surface area contributed by atoms with Gasteiger partial charge in [-0.1, -0.05) is 18.2 Å². The van der Waals surface area contributed by atoms with Crippen molar-refractivity contribution in [2.75, 3.05) is 33.4 Å². The van der Waals surface area contributed by atoms with Crippen LogP contribution in [0.1, 0.15) is 31.1 Å². The first-order valence-electron chi connectivity index (χ1n) is 11.3. The summed E-state index contributed by atoms with van der Waals surface area (Å²) in [6.45, 7) is 2.86. The Morgan fingerprint density at radius 2 is 2.22 bits per heavy atom. The summed E-state index contributed by atoms with van der Waals surface area (Å²) < 4.78 is 11.1. The zero-order valence-electron chi connectivity index (χ0n) is 18.3. The van der Waals surface area contributed by atoms with Crippen molar-refractivity contribution in [2.45, 2.75) is 37.4 Å². The van der Waals surface area contributed by atoms with E-state index in [0.29, 0.717) is 24.5 Å². The van der Waals surface area contributed by atoms with Crippen LogP contribution in [0.15, 0.2) is 36.5 Å². The molecule has 2 aliphatic rings. The molecule has 0 amide bonds. The number of fused-ring (bicyclic) bond motifs is 1. The molecule has 2 N–H and O–H groups in total. The number of nitrogens with one attached hydrogen (secondary N) is 2. The van der Waals surface area contributed by atoms with E-state index in [1.807, 2.05) is 30.5 Å². The van der Waals surface area contributed by atoms with Crippen LogP contribution in [0.3, 0.4) is 0 Å². The number of pyridine rings is 1. The van der Waals surface area contributed by atoms with Crippen molar-refractivity contribution in [3.8, 4) is 17.1 Å². The number of hydrogen-bond donors (Lipinski definition) is 2. The second-order valence-electron chi connectivity index (χ2n) is 8.55. The number of ether oxygens (including phenoxy) is 2. The Bertz CT molecular complexity index is 1080. The van der Waals surface area contributed by atoms with Gasteiger partial charge in [-0.05, 0) is 31.4 Å². The highest BCUT2D eigenvalue weighted by molar-refractivity contribution is 5.85. The van der Waals surface area contributed by atoms with Crippen LogP contribution in [0.4, 0.5) is 0 Å². The number of likely N-dealkylation sites (tertiary alicyclic amines) is 1. The molecule has 0 unspecified atom stereocenters. The number of carbonyl (C=O) groups is 1. The summed E-state index contributed by atoms with van der Waals surface area (Å²) in [4.78, 5) is 26.4. The van der Waals surface area contributed by atoms with Crippen molar-refractivity contribution in [2.24, 2.45) is 0 Å². The van der Waals surface area contributed by atoms with Crippen LogP contribution in [-0.4, -0.2) is 71.6 Å². The predicted octanol–water partition coefficient (Wildman–Crippen LogP) is 2.72. The van der Waals surface area contributed by atoms with Crippen LogP contribution >= 0.6 is 0 Å². The number of hydrogen-bond acceptors (Lipinski definition) is 7. The Hall–Kier alpha value is -2.81. The van der Waals surface area contributed by atoms with Gasteiger partial charge >= 0.3 is 0 Å². The first-order chi connectivity index (χ1) is 15.7. The number of aromatic amines is 1. The summed E-state index contributed by atoms with van der Waals surface area (Å²) in [7, 11) is 1.63. The highest BCUT2D eigenvalue weighted by Crippen LogP contribution is 2.34. The van der Waals surface area contributed by atoms with Gasteiger partial charge in [0.2, 0.25) is 5.88 Å². The molecule has 3 aromatic rings. The summed E-state index contributed by atoms with van der Waals surface area (Å²) in [5.41, 5.74) is 2.63. The zero-order chi connectivity index (χ0) is 21.9. The van der Waals surface area contributed by atoms with Crippen LogP contribution in [0.5, 0.6) is 5.88 Å². The molecule has 0 radical (unpaired) electrons. The lowest BCUT2D eigenvalue weighted by Crippen LogP contribution is -2.48. The maximum Gasteiger partial charge on any atom is 0.223 e. The van der Waals surface area contributed by atoms with Gasteiger partial charge in [0, 0.05) is 30.6 Å². The molecule has 0 aliphatic carbocycles. The second kappa shape index (κ2) is 9.36. The topological polar surface area (TPSA) is 92.4 Å². The number of aldehydes is 1. The lowest BCUT2D eigenvalue weighted by atomic mass is 9.95. The molecule has 0 saturated carbocycles. The molecular formula is C24H29N5O3. The fourth-order valence-corrected chi connectivity index (χ4v) is 4.85. The number of carbonyl (C=O) groups excluding carboxylic acids is 1. The van der Waals surface area contributed by atoms with E-state index in [2.05, 4.69) is 26.3 Å². The normalized spacial score (nSPS) is 24.1. The Morgan fingerprint density at radius 1 is 1.31 bits per heavy atom. The van der Waals surface area contributed by atoms with Gasteiger partial charge in [0.25, 0.3) is 0 Å². The van der Waals surface area contributed by atoms with Crippen molar-refractivity contribution in [1.82, 2.24) is 25.2 Å². The molecule has 8 nitrogen and oxygen atoms in total. The number of piperidine rings is 1. The van der Waals surface area contributed by atoms with E-state index in [1.165, 1.54) is 0 Å². The summed E-state index contributed by atoms with van der Waals surface area (Å²) in [5.74, 6) is 1.43. The molecule has 8 heteroatoms. The van der Waals surface area contributed by atoms with Gasteiger partial charge in [0.15, 0.2) is 0 Å². The SMILES string of the molecule is COc1nc2ccccc2cc1-c1cnc([C@@H]2C[C@@H](N[C@@H]3CCOC3)CCN2CC=O)[nH]1. The maximum absolute atomic E-state index is 11.3.